The Morgan fingerprint density at radius 1 is 1.47 bits per heavy atom. The van der Waals surface area contributed by atoms with Crippen LogP contribution in [0.25, 0.3) is 0 Å². The molecule has 9 heteroatoms. The highest BCUT2D eigenvalue weighted by Crippen LogP contribution is 2.19. The van der Waals surface area contributed by atoms with Crippen LogP contribution in [-0.4, -0.2) is 38.5 Å². The van der Waals surface area contributed by atoms with Crippen LogP contribution in [-0.2, 0) is 14.8 Å². The Balaban J connectivity index is 2.88. The fourth-order valence-electron chi connectivity index (χ4n) is 1.26. The van der Waals surface area contributed by atoms with E-state index in [1.807, 2.05) is 0 Å². The van der Waals surface area contributed by atoms with Crippen molar-refractivity contribution in [1.29, 1.82) is 0 Å². The second kappa shape index (κ2) is 6.13. The van der Waals surface area contributed by atoms with Gasteiger partial charge in [0.05, 0.1) is 9.77 Å². The maximum atomic E-state index is 11.8. The number of aliphatic carboxylic acids is 1. The Morgan fingerprint density at radius 3 is 2.58 bits per heavy atom. The van der Waals surface area contributed by atoms with Crippen molar-refractivity contribution in [3.8, 4) is 0 Å². The van der Waals surface area contributed by atoms with Gasteiger partial charge in [-0.25, -0.2) is 17.9 Å². The molecule has 0 saturated carbocycles. The van der Waals surface area contributed by atoms with Gasteiger partial charge < -0.3 is 10.4 Å². The smallest absolute Gasteiger partial charge is 0.326 e. The fraction of sp³-hybridized carbons (Fsp3) is 0.400. The lowest BCUT2D eigenvalue weighted by Gasteiger charge is -2.10. The normalized spacial score (nSPS) is 12.9. The molecule has 0 saturated heterocycles. The first kappa shape index (κ1) is 15.6. The van der Waals surface area contributed by atoms with Crippen molar-refractivity contribution in [1.82, 2.24) is 10.0 Å². The van der Waals surface area contributed by atoms with E-state index in [-0.39, 0.29) is 16.2 Å². The molecular weight excluding hydrogens is 292 g/mol. The molecule has 0 aliphatic rings. The zero-order chi connectivity index (χ0) is 14.6. The molecule has 0 aliphatic carbocycles. The molecule has 0 bridgehead atoms. The number of carboxylic acid groups (broad SMARTS) is 1. The van der Waals surface area contributed by atoms with E-state index in [0.717, 1.165) is 11.3 Å². The molecule has 0 aliphatic heterocycles. The summed E-state index contributed by atoms with van der Waals surface area (Å²) in [6.07, 6.45) is 0.244. The Kier molecular flexibility index (Phi) is 5.04. The van der Waals surface area contributed by atoms with Gasteiger partial charge >= 0.3 is 5.97 Å². The highest BCUT2D eigenvalue weighted by Gasteiger charge is 2.21. The highest BCUT2D eigenvalue weighted by atomic mass is 32.2. The molecule has 0 radical (unpaired) electrons. The maximum absolute atomic E-state index is 11.8. The van der Waals surface area contributed by atoms with E-state index < -0.39 is 27.9 Å². The lowest BCUT2D eigenvalue weighted by molar-refractivity contribution is -0.139. The molecule has 7 nitrogen and oxygen atoms in total. The number of thiophene rings is 1. The largest absolute Gasteiger partial charge is 0.480 e. The van der Waals surface area contributed by atoms with E-state index in [2.05, 4.69) is 10.0 Å². The van der Waals surface area contributed by atoms with Crippen molar-refractivity contribution in [2.75, 3.05) is 7.05 Å². The van der Waals surface area contributed by atoms with Gasteiger partial charge in [0.25, 0.3) is 5.91 Å². The second-order valence-corrected chi connectivity index (χ2v) is 6.42. The number of nitrogens with one attached hydrogen (secondary N) is 2. The molecule has 0 aromatic carbocycles. The Hall–Kier alpha value is -1.45. The molecular formula is C10H14N2O5S2. The predicted molar refractivity (Wildman–Crippen MR) is 69.7 cm³/mol. The summed E-state index contributed by atoms with van der Waals surface area (Å²) in [4.78, 5) is 22.7. The standard InChI is InChI=1S/C10H14N2O5S2/c1-3-7(10(14)15)12-9(13)8-4-6(5-18-8)19(16,17)11-2/h4-5,7,11H,3H2,1-2H3,(H,12,13)(H,14,15). The van der Waals surface area contributed by atoms with Gasteiger partial charge in [-0.3, -0.25) is 4.79 Å². The van der Waals surface area contributed by atoms with E-state index >= 15 is 0 Å². The van der Waals surface area contributed by atoms with Crippen molar-refractivity contribution in [3.05, 3.63) is 16.3 Å². The Labute approximate surface area is 114 Å². The van der Waals surface area contributed by atoms with Crippen molar-refractivity contribution in [2.24, 2.45) is 0 Å². The van der Waals surface area contributed by atoms with Gasteiger partial charge in [0.1, 0.15) is 6.04 Å². The van der Waals surface area contributed by atoms with E-state index in [9.17, 15) is 18.0 Å². The third-order valence-corrected chi connectivity index (χ3v) is 4.86. The zero-order valence-electron chi connectivity index (χ0n) is 10.3. The van der Waals surface area contributed by atoms with Crippen LogP contribution in [0.15, 0.2) is 16.3 Å². The van der Waals surface area contributed by atoms with Gasteiger partial charge in [-0.15, -0.1) is 11.3 Å². The maximum Gasteiger partial charge on any atom is 0.326 e. The molecule has 1 rings (SSSR count). The van der Waals surface area contributed by atoms with Gasteiger partial charge in [-0.1, -0.05) is 6.92 Å². The molecule has 1 amide bonds. The Morgan fingerprint density at radius 2 is 2.11 bits per heavy atom. The first-order valence-electron chi connectivity index (χ1n) is 5.37. The number of hydrogen-bond acceptors (Lipinski definition) is 5. The lowest BCUT2D eigenvalue weighted by atomic mass is 10.2. The number of rotatable bonds is 6. The monoisotopic (exact) mass is 306 g/mol. The average molecular weight is 306 g/mol. The van der Waals surface area contributed by atoms with Crippen LogP contribution < -0.4 is 10.0 Å². The van der Waals surface area contributed by atoms with Gasteiger partial charge in [0, 0.05) is 5.38 Å². The first-order valence-corrected chi connectivity index (χ1v) is 7.73. The van der Waals surface area contributed by atoms with E-state index in [4.69, 9.17) is 5.11 Å². The van der Waals surface area contributed by atoms with Gasteiger partial charge in [0.2, 0.25) is 10.0 Å². The van der Waals surface area contributed by atoms with E-state index in [0.29, 0.717) is 0 Å². The van der Waals surface area contributed by atoms with Crippen LogP contribution in [0.4, 0.5) is 0 Å². The van der Waals surface area contributed by atoms with Crippen LogP contribution in [0.1, 0.15) is 23.0 Å². The van der Waals surface area contributed by atoms with Crippen LogP contribution in [0.5, 0.6) is 0 Å². The van der Waals surface area contributed by atoms with Gasteiger partial charge in [-0.05, 0) is 19.5 Å². The van der Waals surface area contributed by atoms with E-state index in [1.165, 1.54) is 18.5 Å². The number of carbonyl (C=O) groups excluding carboxylic acids is 1. The van der Waals surface area contributed by atoms with Crippen molar-refractivity contribution in [2.45, 2.75) is 24.3 Å². The number of sulfonamides is 1. The molecule has 106 valence electrons. The summed E-state index contributed by atoms with van der Waals surface area (Å²) in [6, 6.07) is 0.222. The van der Waals surface area contributed by atoms with Crippen LogP contribution in [0.3, 0.4) is 0 Å². The van der Waals surface area contributed by atoms with Crippen molar-refractivity contribution < 1.29 is 23.1 Å². The summed E-state index contributed by atoms with van der Waals surface area (Å²) < 4.78 is 25.1. The first-order chi connectivity index (χ1) is 8.81. The molecule has 0 fully saturated rings. The molecule has 1 aromatic heterocycles. The Bertz CT molecular complexity index is 578. The third-order valence-electron chi connectivity index (χ3n) is 2.39. The predicted octanol–water partition coefficient (Wildman–Crippen LogP) is 0.249. The topological polar surface area (TPSA) is 113 Å². The molecule has 1 atom stereocenters. The summed E-state index contributed by atoms with van der Waals surface area (Å²) in [5.74, 6) is -1.73. The van der Waals surface area contributed by atoms with Gasteiger partial charge in [0.15, 0.2) is 0 Å². The number of amides is 1. The molecule has 1 aromatic rings. The number of carbonyl (C=O) groups is 2. The van der Waals surface area contributed by atoms with E-state index in [1.54, 1.807) is 6.92 Å². The minimum atomic E-state index is -3.60. The zero-order valence-corrected chi connectivity index (χ0v) is 12.0. The molecule has 0 spiro atoms. The summed E-state index contributed by atoms with van der Waals surface area (Å²) in [6.45, 7) is 1.63. The van der Waals surface area contributed by atoms with Crippen LogP contribution in [0.2, 0.25) is 0 Å². The lowest BCUT2D eigenvalue weighted by Crippen LogP contribution is -2.39. The number of hydrogen-bond donors (Lipinski definition) is 3. The SMILES string of the molecule is CCC(NC(=O)c1cc(S(=O)(=O)NC)cs1)C(=O)O. The van der Waals surface area contributed by atoms with Crippen molar-refractivity contribution >= 4 is 33.2 Å². The molecule has 1 unspecified atom stereocenters. The van der Waals surface area contributed by atoms with Crippen LogP contribution >= 0.6 is 11.3 Å². The highest BCUT2D eigenvalue weighted by molar-refractivity contribution is 7.89. The average Bonchev–Trinajstić information content (AvgIpc) is 2.85. The number of carboxylic acids is 1. The molecule has 1 heterocycles. The molecule has 3 N–H and O–H groups in total. The van der Waals surface area contributed by atoms with Gasteiger partial charge in [-0.2, -0.15) is 0 Å². The minimum Gasteiger partial charge on any atom is -0.480 e. The summed E-state index contributed by atoms with van der Waals surface area (Å²) in [5, 5.41) is 12.5. The minimum absolute atomic E-state index is 0.0199. The van der Waals surface area contributed by atoms with Crippen molar-refractivity contribution in [3.63, 3.8) is 0 Å². The molecule has 19 heavy (non-hydrogen) atoms. The third kappa shape index (κ3) is 3.75. The summed E-state index contributed by atoms with van der Waals surface area (Å²) in [5.41, 5.74) is 0. The quantitative estimate of drug-likeness (QED) is 0.697. The summed E-state index contributed by atoms with van der Waals surface area (Å²) >= 11 is 0.940. The summed E-state index contributed by atoms with van der Waals surface area (Å²) in [7, 11) is -2.33. The fourth-order valence-corrected chi connectivity index (χ4v) is 3.17. The van der Waals surface area contributed by atoms with Crippen LogP contribution in [0, 0.1) is 0 Å². The second-order valence-electron chi connectivity index (χ2n) is 3.63.